The van der Waals surface area contributed by atoms with E-state index < -0.39 is 23.4 Å². The van der Waals surface area contributed by atoms with Gasteiger partial charge in [-0.3, -0.25) is 4.79 Å². The normalized spacial score (nSPS) is 10.4. The molecule has 2 nitrogen and oxygen atoms in total. The van der Waals surface area contributed by atoms with Crippen molar-refractivity contribution in [1.82, 2.24) is 0 Å². The van der Waals surface area contributed by atoms with E-state index in [0.29, 0.717) is 12.1 Å². The van der Waals surface area contributed by atoms with Gasteiger partial charge in [0, 0.05) is 0 Å². The van der Waals surface area contributed by atoms with Crippen LogP contribution in [0.3, 0.4) is 0 Å². The molecule has 104 valence electrons. The van der Waals surface area contributed by atoms with Crippen molar-refractivity contribution in [2.75, 3.05) is 5.32 Å². The maximum atomic E-state index is 13.6. The highest BCUT2D eigenvalue weighted by Gasteiger charge is 2.17. The molecule has 0 aliphatic heterocycles. The Morgan fingerprint density at radius 1 is 1.00 bits per heavy atom. The molecule has 0 radical (unpaired) electrons. The van der Waals surface area contributed by atoms with Gasteiger partial charge in [0.1, 0.15) is 0 Å². The number of halogens is 5. The van der Waals surface area contributed by atoms with E-state index in [2.05, 4.69) is 5.32 Å². The second-order valence-electron chi connectivity index (χ2n) is 3.80. The maximum absolute atomic E-state index is 13.6. The Kier molecular flexibility index (Phi) is 4.20. The van der Waals surface area contributed by atoms with E-state index in [1.807, 2.05) is 0 Å². The van der Waals surface area contributed by atoms with Crippen molar-refractivity contribution >= 4 is 34.8 Å². The third-order valence-corrected chi connectivity index (χ3v) is 3.06. The lowest BCUT2D eigenvalue weighted by atomic mass is 10.2. The van der Waals surface area contributed by atoms with Gasteiger partial charge in [0.2, 0.25) is 0 Å². The van der Waals surface area contributed by atoms with Gasteiger partial charge in [-0.05, 0) is 24.3 Å². The zero-order valence-corrected chi connectivity index (χ0v) is 11.2. The number of hydrogen-bond acceptors (Lipinski definition) is 1. The molecule has 0 saturated carbocycles. The topological polar surface area (TPSA) is 29.1 Å². The Balaban J connectivity index is 2.33. The lowest BCUT2D eigenvalue weighted by molar-refractivity contribution is 0.102. The van der Waals surface area contributed by atoms with Crippen LogP contribution < -0.4 is 5.32 Å². The van der Waals surface area contributed by atoms with Crippen LogP contribution in [0.25, 0.3) is 0 Å². The molecule has 7 heteroatoms. The number of rotatable bonds is 2. The van der Waals surface area contributed by atoms with Crippen LogP contribution in [0, 0.1) is 17.5 Å². The lowest BCUT2D eigenvalue weighted by Gasteiger charge is -2.08. The highest BCUT2D eigenvalue weighted by Crippen LogP contribution is 2.25. The molecule has 0 bridgehead atoms. The molecular formula is C13H6Cl2F3NO. The summed E-state index contributed by atoms with van der Waals surface area (Å²) in [6, 6.07) is 5.30. The van der Waals surface area contributed by atoms with Crippen molar-refractivity contribution in [3.8, 4) is 0 Å². The van der Waals surface area contributed by atoms with Crippen LogP contribution >= 0.6 is 23.2 Å². The highest BCUT2D eigenvalue weighted by molar-refractivity contribution is 6.34. The number of amides is 1. The fraction of sp³-hybridized carbons (Fsp3) is 0. The Morgan fingerprint density at radius 2 is 1.65 bits per heavy atom. The molecule has 0 aliphatic rings. The van der Waals surface area contributed by atoms with Crippen molar-refractivity contribution in [1.29, 1.82) is 0 Å². The van der Waals surface area contributed by atoms with Gasteiger partial charge >= 0.3 is 0 Å². The molecule has 2 aromatic carbocycles. The van der Waals surface area contributed by atoms with Crippen molar-refractivity contribution in [2.24, 2.45) is 0 Å². The number of benzene rings is 2. The first-order valence-corrected chi connectivity index (χ1v) is 6.05. The second-order valence-corrected chi connectivity index (χ2v) is 4.62. The van der Waals surface area contributed by atoms with Gasteiger partial charge in [-0.25, -0.2) is 13.2 Å². The molecule has 1 amide bonds. The number of carbonyl (C=O) groups excluding carboxylic acids is 1. The van der Waals surface area contributed by atoms with E-state index >= 15 is 0 Å². The lowest BCUT2D eigenvalue weighted by Crippen LogP contribution is -2.14. The molecule has 0 spiro atoms. The molecule has 2 rings (SSSR count). The van der Waals surface area contributed by atoms with E-state index in [1.54, 1.807) is 0 Å². The van der Waals surface area contributed by atoms with Gasteiger partial charge in [-0.2, -0.15) is 0 Å². The van der Waals surface area contributed by atoms with E-state index in [1.165, 1.54) is 18.2 Å². The first-order valence-electron chi connectivity index (χ1n) is 5.30. The summed E-state index contributed by atoms with van der Waals surface area (Å²) in [5.41, 5.74) is -0.506. The van der Waals surface area contributed by atoms with Crippen molar-refractivity contribution in [3.05, 3.63) is 63.4 Å². The van der Waals surface area contributed by atoms with Gasteiger partial charge in [0.15, 0.2) is 17.5 Å². The molecule has 2 aromatic rings. The summed E-state index contributed by atoms with van der Waals surface area (Å²) in [5.74, 6) is -4.12. The Bertz CT molecular complexity index is 692. The Labute approximate surface area is 122 Å². The molecule has 0 aliphatic carbocycles. The molecule has 0 unspecified atom stereocenters. The first kappa shape index (κ1) is 14.7. The fourth-order valence-corrected chi connectivity index (χ4v) is 1.90. The Morgan fingerprint density at radius 3 is 2.35 bits per heavy atom. The smallest absolute Gasteiger partial charge is 0.257 e. The highest BCUT2D eigenvalue weighted by atomic mass is 35.5. The van der Waals surface area contributed by atoms with Gasteiger partial charge in [-0.15, -0.1) is 0 Å². The van der Waals surface area contributed by atoms with Crippen molar-refractivity contribution < 1.29 is 18.0 Å². The van der Waals surface area contributed by atoms with Crippen LogP contribution in [0.1, 0.15) is 10.4 Å². The molecule has 1 N–H and O–H groups in total. The van der Waals surface area contributed by atoms with Gasteiger partial charge in [0.05, 0.1) is 21.3 Å². The largest absolute Gasteiger partial charge is 0.319 e. The minimum atomic E-state index is -1.23. The average Bonchev–Trinajstić information content (AvgIpc) is 2.39. The summed E-state index contributed by atoms with van der Waals surface area (Å²) in [6.45, 7) is 0. The van der Waals surface area contributed by atoms with E-state index in [0.717, 1.165) is 0 Å². The van der Waals surface area contributed by atoms with Gasteiger partial charge < -0.3 is 5.32 Å². The number of carbonyl (C=O) groups is 1. The van der Waals surface area contributed by atoms with E-state index in [9.17, 15) is 18.0 Å². The standard InChI is InChI=1S/C13H6Cl2F3NO/c14-7-2-1-3-11(12(7)18)19-13(20)6-4-9(16)10(17)5-8(6)15/h1-5H,(H,19,20). The number of nitrogens with one attached hydrogen (secondary N) is 1. The summed E-state index contributed by atoms with van der Waals surface area (Å²) < 4.78 is 39.6. The summed E-state index contributed by atoms with van der Waals surface area (Å²) in [5, 5.41) is 1.71. The van der Waals surface area contributed by atoms with Crippen LogP contribution in [-0.4, -0.2) is 5.91 Å². The minimum absolute atomic E-state index is 0.181. The zero-order chi connectivity index (χ0) is 14.9. The average molecular weight is 320 g/mol. The van der Waals surface area contributed by atoms with E-state index in [4.69, 9.17) is 23.2 Å². The first-order chi connectivity index (χ1) is 9.40. The predicted molar refractivity (Wildman–Crippen MR) is 70.7 cm³/mol. The number of anilines is 1. The number of hydrogen-bond donors (Lipinski definition) is 1. The van der Waals surface area contributed by atoms with Crippen LogP contribution in [-0.2, 0) is 0 Å². The molecule has 0 aromatic heterocycles. The molecule has 0 fully saturated rings. The van der Waals surface area contributed by atoms with E-state index in [-0.39, 0.29) is 21.3 Å². The summed E-state index contributed by atoms with van der Waals surface area (Å²) in [6.07, 6.45) is 0. The third kappa shape index (κ3) is 2.89. The molecule has 20 heavy (non-hydrogen) atoms. The van der Waals surface area contributed by atoms with Crippen LogP contribution in [0.4, 0.5) is 18.9 Å². The fourth-order valence-electron chi connectivity index (χ4n) is 1.49. The SMILES string of the molecule is O=C(Nc1cccc(Cl)c1F)c1cc(F)c(F)cc1Cl. The summed E-state index contributed by atoms with van der Waals surface area (Å²) in [4.78, 5) is 11.9. The molecule has 0 heterocycles. The Hall–Kier alpha value is -1.72. The molecule has 0 saturated heterocycles. The molecule has 0 atom stereocenters. The quantitative estimate of drug-likeness (QED) is 0.801. The van der Waals surface area contributed by atoms with Crippen LogP contribution in [0.15, 0.2) is 30.3 Å². The van der Waals surface area contributed by atoms with Gasteiger partial charge in [0.25, 0.3) is 5.91 Å². The minimum Gasteiger partial charge on any atom is -0.319 e. The van der Waals surface area contributed by atoms with Crippen LogP contribution in [0.5, 0.6) is 0 Å². The second kappa shape index (κ2) is 5.73. The predicted octanol–water partition coefficient (Wildman–Crippen LogP) is 4.66. The van der Waals surface area contributed by atoms with Crippen LogP contribution in [0.2, 0.25) is 10.0 Å². The zero-order valence-electron chi connectivity index (χ0n) is 9.68. The summed E-state index contributed by atoms with van der Waals surface area (Å²) in [7, 11) is 0. The molecular weight excluding hydrogens is 314 g/mol. The third-order valence-electron chi connectivity index (χ3n) is 2.45. The maximum Gasteiger partial charge on any atom is 0.257 e. The van der Waals surface area contributed by atoms with Gasteiger partial charge in [-0.1, -0.05) is 29.3 Å². The summed E-state index contributed by atoms with van der Waals surface area (Å²) >= 11 is 11.2. The van der Waals surface area contributed by atoms with Crippen molar-refractivity contribution in [2.45, 2.75) is 0 Å². The monoisotopic (exact) mass is 319 g/mol. The van der Waals surface area contributed by atoms with Crippen molar-refractivity contribution in [3.63, 3.8) is 0 Å².